The molecule has 3 N–H and O–H groups in total. The molecule has 0 spiro atoms. The average Bonchev–Trinajstić information content (AvgIpc) is 2.58. The molecule has 1 aromatic heterocycles. The molecule has 0 aliphatic heterocycles. The van der Waals surface area contributed by atoms with Crippen LogP contribution in [0.4, 0.5) is 0 Å². The first-order valence-corrected chi connectivity index (χ1v) is 6.75. The highest BCUT2D eigenvalue weighted by atomic mass is 35.5. The van der Waals surface area contributed by atoms with Gasteiger partial charge in [0.1, 0.15) is 6.04 Å². The standard InChI is InChI=1S/C9H12ClNO2S2/c10-8-2-1-6(15-8)5-14-4-3-7(11)9(12)13/h1-2,7H,3-5,11H2,(H,12,13). The number of rotatable bonds is 6. The van der Waals surface area contributed by atoms with Crippen molar-refractivity contribution in [1.82, 2.24) is 0 Å². The van der Waals surface area contributed by atoms with E-state index in [9.17, 15) is 4.79 Å². The molecule has 0 saturated carbocycles. The minimum Gasteiger partial charge on any atom is -0.480 e. The predicted molar refractivity (Wildman–Crippen MR) is 65.7 cm³/mol. The molecule has 0 bridgehead atoms. The molecule has 0 radical (unpaired) electrons. The number of thioether (sulfide) groups is 1. The van der Waals surface area contributed by atoms with Crippen LogP contribution in [0.2, 0.25) is 4.34 Å². The van der Waals surface area contributed by atoms with Crippen LogP contribution in [-0.4, -0.2) is 22.9 Å². The lowest BCUT2D eigenvalue weighted by Crippen LogP contribution is -2.30. The van der Waals surface area contributed by atoms with E-state index in [0.29, 0.717) is 6.42 Å². The van der Waals surface area contributed by atoms with E-state index in [1.165, 1.54) is 4.88 Å². The molecular weight excluding hydrogens is 254 g/mol. The van der Waals surface area contributed by atoms with Gasteiger partial charge in [-0.3, -0.25) is 4.79 Å². The molecule has 0 fully saturated rings. The first-order chi connectivity index (χ1) is 7.09. The van der Waals surface area contributed by atoms with Crippen LogP contribution in [0.3, 0.4) is 0 Å². The SMILES string of the molecule is NC(CCSCc1ccc(Cl)s1)C(=O)O. The fourth-order valence-corrected chi connectivity index (χ4v) is 3.17. The van der Waals surface area contributed by atoms with Crippen molar-refractivity contribution in [3.63, 3.8) is 0 Å². The molecule has 0 aromatic carbocycles. The van der Waals surface area contributed by atoms with E-state index in [2.05, 4.69) is 0 Å². The summed E-state index contributed by atoms with van der Waals surface area (Å²) >= 11 is 9.00. The second-order valence-corrected chi connectivity index (χ2v) is 5.90. The van der Waals surface area contributed by atoms with Crippen molar-refractivity contribution in [2.75, 3.05) is 5.75 Å². The molecule has 0 saturated heterocycles. The molecule has 84 valence electrons. The summed E-state index contributed by atoms with van der Waals surface area (Å²) in [5, 5.41) is 8.55. The van der Waals surface area contributed by atoms with E-state index in [1.807, 2.05) is 12.1 Å². The molecular formula is C9H12ClNO2S2. The summed E-state index contributed by atoms with van der Waals surface area (Å²) in [6.07, 6.45) is 0.499. The highest BCUT2D eigenvalue weighted by Gasteiger charge is 2.10. The summed E-state index contributed by atoms with van der Waals surface area (Å²) in [6.45, 7) is 0. The van der Waals surface area contributed by atoms with E-state index in [-0.39, 0.29) is 0 Å². The zero-order valence-electron chi connectivity index (χ0n) is 7.98. The van der Waals surface area contributed by atoms with Gasteiger partial charge in [0, 0.05) is 10.6 Å². The molecule has 15 heavy (non-hydrogen) atoms. The van der Waals surface area contributed by atoms with Gasteiger partial charge in [0.2, 0.25) is 0 Å². The molecule has 0 aliphatic rings. The fraction of sp³-hybridized carbons (Fsp3) is 0.444. The largest absolute Gasteiger partial charge is 0.480 e. The Bertz CT molecular complexity index is 330. The van der Waals surface area contributed by atoms with Gasteiger partial charge >= 0.3 is 5.97 Å². The second kappa shape index (κ2) is 6.37. The smallest absolute Gasteiger partial charge is 0.320 e. The van der Waals surface area contributed by atoms with Crippen LogP contribution in [0.5, 0.6) is 0 Å². The van der Waals surface area contributed by atoms with Crippen LogP contribution in [-0.2, 0) is 10.5 Å². The first-order valence-electron chi connectivity index (χ1n) is 4.40. The number of nitrogens with two attached hydrogens (primary N) is 1. The Morgan fingerprint density at radius 3 is 2.93 bits per heavy atom. The zero-order valence-corrected chi connectivity index (χ0v) is 10.4. The lowest BCUT2D eigenvalue weighted by molar-refractivity contribution is -0.138. The van der Waals surface area contributed by atoms with E-state index >= 15 is 0 Å². The molecule has 6 heteroatoms. The number of carboxylic acid groups (broad SMARTS) is 1. The van der Waals surface area contributed by atoms with Crippen molar-refractivity contribution in [3.8, 4) is 0 Å². The van der Waals surface area contributed by atoms with Crippen LogP contribution in [0.15, 0.2) is 12.1 Å². The monoisotopic (exact) mass is 265 g/mol. The van der Waals surface area contributed by atoms with Crippen LogP contribution >= 0.6 is 34.7 Å². The van der Waals surface area contributed by atoms with Crippen molar-refractivity contribution in [3.05, 3.63) is 21.3 Å². The maximum Gasteiger partial charge on any atom is 0.320 e. The Morgan fingerprint density at radius 2 is 2.40 bits per heavy atom. The van der Waals surface area contributed by atoms with Gasteiger partial charge in [-0.2, -0.15) is 11.8 Å². The lowest BCUT2D eigenvalue weighted by atomic mass is 10.2. The maximum atomic E-state index is 10.4. The Labute approximate surface area is 102 Å². The minimum absolute atomic E-state index is 0.499. The summed E-state index contributed by atoms with van der Waals surface area (Å²) in [5.74, 6) is 0.682. The Hall–Kier alpha value is -0.230. The number of halogens is 1. The molecule has 1 aromatic rings. The number of hydrogen-bond donors (Lipinski definition) is 2. The summed E-state index contributed by atoms with van der Waals surface area (Å²) in [4.78, 5) is 11.6. The number of hydrogen-bond acceptors (Lipinski definition) is 4. The topological polar surface area (TPSA) is 63.3 Å². The van der Waals surface area contributed by atoms with Gasteiger partial charge < -0.3 is 10.8 Å². The van der Waals surface area contributed by atoms with Crippen molar-refractivity contribution < 1.29 is 9.90 Å². The van der Waals surface area contributed by atoms with Crippen LogP contribution in [0.1, 0.15) is 11.3 Å². The molecule has 0 aliphatic carbocycles. The van der Waals surface area contributed by atoms with E-state index < -0.39 is 12.0 Å². The molecule has 1 rings (SSSR count). The quantitative estimate of drug-likeness (QED) is 0.776. The zero-order chi connectivity index (χ0) is 11.3. The molecule has 1 heterocycles. The van der Waals surface area contributed by atoms with Crippen molar-refractivity contribution in [2.24, 2.45) is 5.73 Å². The summed E-state index contributed by atoms with van der Waals surface area (Å²) in [6, 6.07) is 3.10. The van der Waals surface area contributed by atoms with E-state index in [4.69, 9.17) is 22.4 Å². The molecule has 1 atom stereocenters. The predicted octanol–water partition coefficient (Wildman–Crippen LogP) is 2.44. The Morgan fingerprint density at radius 1 is 1.67 bits per heavy atom. The summed E-state index contributed by atoms with van der Waals surface area (Å²) in [7, 11) is 0. The highest BCUT2D eigenvalue weighted by molar-refractivity contribution is 7.98. The van der Waals surface area contributed by atoms with Gasteiger partial charge in [0.15, 0.2) is 0 Å². The van der Waals surface area contributed by atoms with Gasteiger partial charge in [-0.15, -0.1) is 11.3 Å². The highest BCUT2D eigenvalue weighted by Crippen LogP contribution is 2.25. The van der Waals surface area contributed by atoms with Crippen LogP contribution < -0.4 is 5.73 Å². The van der Waals surface area contributed by atoms with Gasteiger partial charge in [-0.05, 0) is 24.3 Å². The van der Waals surface area contributed by atoms with Gasteiger partial charge in [-0.25, -0.2) is 0 Å². The summed E-state index contributed by atoms with van der Waals surface area (Å²) < 4.78 is 0.785. The van der Waals surface area contributed by atoms with Gasteiger partial charge in [0.25, 0.3) is 0 Å². The molecule has 3 nitrogen and oxygen atoms in total. The summed E-state index contributed by atoms with van der Waals surface area (Å²) in [5.41, 5.74) is 5.37. The number of thiophene rings is 1. The average molecular weight is 266 g/mol. The first kappa shape index (κ1) is 12.8. The van der Waals surface area contributed by atoms with Crippen LogP contribution in [0.25, 0.3) is 0 Å². The molecule has 0 amide bonds. The second-order valence-electron chi connectivity index (χ2n) is 2.99. The third-order valence-electron chi connectivity index (χ3n) is 1.76. The Balaban J connectivity index is 2.14. The third kappa shape index (κ3) is 4.88. The van der Waals surface area contributed by atoms with Crippen LogP contribution in [0, 0.1) is 0 Å². The van der Waals surface area contributed by atoms with Crippen molar-refractivity contribution >= 4 is 40.7 Å². The number of aliphatic carboxylic acids is 1. The van der Waals surface area contributed by atoms with Crippen molar-refractivity contribution in [1.29, 1.82) is 0 Å². The normalized spacial score (nSPS) is 12.7. The van der Waals surface area contributed by atoms with E-state index in [0.717, 1.165) is 15.8 Å². The third-order valence-corrected chi connectivity index (χ3v) is 4.22. The van der Waals surface area contributed by atoms with Gasteiger partial charge in [0.05, 0.1) is 4.34 Å². The van der Waals surface area contributed by atoms with Crippen molar-refractivity contribution in [2.45, 2.75) is 18.2 Å². The van der Waals surface area contributed by atoms with E-state index in [1.54, 1.807) is 23.1 Å². The maximum absolute atomic E-state index is 10.4. The van der Waals surface area contributed by atoms with Gasteiger partial charge in [-0.1, -0.05) is 11.6 Å². The number of carboxylic acids is 1. The fourth-order valence-electron chi connectivity index (χ4n) is 0.936. The lowest BCUT2D eigenvalue weighted by Gasteiger charge is -2.04. The Kier molecular flexibility index (Phi) is 5.45. The number of carbonyl (C=O) groups is 1. The molecule has 1 unspecified atom stereocenters. The minimum atomic E-state index is -0.935.